The van der Waals surface area contributed by atoms with Crippen LogP contribution in [0.5, 0.6) is 11.5 Å². The van der Waals surface area contributed by atoms with Gasteiger partial charge in [-0.1, -0.05) is 0 Å². The largest absolute Gasteiger partial charge is 0.493 e. The molecule has 1 amide bonds. The molecule has 11 heteroatoms. The van der Waals surface area contributed by atoms with E-state index >= 15 is 0 Å². The highest BCUT2D eigenvalue weighted by Gasteiger charge is 2.31. The summed E-state index contributed by atoms with van der Waals surface area (Å²) in [4.78, 5) is 16.5. The fraction of sp³-hybridized carbons (Fsp3) is 0.650. The number of sulfonamides is 1. The van der Waals surface area contributed by atoms with E-state index in [0.717, 1.165) is 0 Å². The first-order valence-electron chi connectivity index (χ1n) is 10.1. The third-order valence-electron chi connectivity index (χ3n) is 5.17. The molecule has 1 aromatic carbocycles. The number of methoxy groups -OCH3 is 4. The van der Waals surface area contributed by atoms with Gasteiger partial charge in [0, 0.05) is 59.6 Å². The van der Waals surface area contributed by atoms with Gasteiger partial charge >= 0.3 is 0 Å². The minimum absolute atomic E-state index is 0.0321. The van der Waals surface area contributed by atoms with Crippen LogP contribution < -0.4 is 9.47 Å². The number of piperazine rings is 1. The standard InChI is InChI=1S/C20H33N3O7S/c1-27-13-11-21(12-14-28-2)16-20(24)22-7-9-23(10-8-22)31(25,26)17-5-6-18(29-3)19(15-17)30-4/h5-6,15H,7-14,16H2,1-4H3. The molecule has 0 unspecified atom stereocenters. The van der Waals surface area contributed by atoms with E-state index in [1.165, 1.54) is 30.7 Å². The number of carbonyl (C=O) groups excluding carboxylic acids is 1. The zero-order valence-corrected chi connectivity index (χ0v) is 19.5. The van der Waals surface area contributed by atoms with E-state index in [0.29, 0.717) is 50.9 Å². The number of nitrogens with zero attached hydrogens (tertiary/aromatic N) is 3. The number of ether oxygens (including phenoxy) is 4. The molecule has 0 bridgehead atoms. The number of rotatable bonds is 12. The number of hydrogen-bond donors (Lipinski definition) is 0. The van der Waals surface area contributed by atoms with Crippen LogP contribution in [0.4, 0.5) is 0 Å². The van der Waals surface area contributed by atoms with Crippen LogP contribution in [0.1, 0.15) is 0 Å². The van der Waals surface area contributed by atoms with Crippen LogP contribution >= 0.6 is 0 Å². The lowest BCUT2D eigenvalue weighted by molar-refractivity contribution is -0.133. The third kappa shape index (κ3) is 6.78. The normalized spacial score (nSPS) is 15.3. The van der Waals surface area contributed by atoms with Crippen LogP contribution in [-0.4, -0.2) is 116 Å². The first-order chi connectivity index (χ1) is 14.9. The summed E-state index contributed by atoms with van der Waals surface area (Å²) >= 11 is 0. The van der Waals surface area contributed by atoms with Crippen LogP contribution in [0.2, 0.25) is 0 Å². The predicted octanol–water partition coefficient (Wildman–Crippen LogP) is 0.132. The number of amides is 1. The summed E-state index contributed by atoms with van der Waals surface area (Å²) in [6.45, 7) is 3.69. The molecule has 1 aliphatic rings. The second-order valence-corrected chi connectivity index (χ2v) is 9.00. The summed E-state index contributed by atoms with van der Waals surface area (Å²) < 4.78 is 48.1. The molecule has 1 saturated heterocycles. The second-order valence-electron chi connectivity index (χ2n) is 7.06. The Bertz CT molecular complexity index is 803. The van der Waals surface area contributed by atoms with Gasteiger partial charge in [0.15, 0.2) is 11.5 Å². The van der Waals surface area contributed by atoms with Crippen molar-refractivity contribution in [3.63, 3.8) is 0 Å². The molecule has 0 spiro atoms. The molecule has 0 radical (unpaired) electrons. The lowest BCUT2D eigenvalue weighted by atomic mass is 10.3. The lowest BCUT2D eigenvalue weighted by Crippen LogP contribution is -2.52. The van der Waals surface area contributed by atoms with Crippen molar-refractivity contribution in [3.8, 4) is 11.5 Å². The van der Waals surface area contributed by atoms with E-state index in [2.05, 4.69) is 0 Å². The average Bonchev–Trinajstić information content (AvgIpc) is 2.80. The predicted molar refractivity (Wildman–Crippen MR) is 115 cm³/mol. The number of hydrogen-bond acceptors (Lipinski definition) is 8. The average molecular weight is 460 g/mol. The Balaban J connectivity index is 1.98. The molecule has 1 aliphatic heterocycles. The fourth-order valence-electron chi connectivity index (χ4n) is 3.31. The van der Waals surface area contributed by atoms with Gasteiger partial charge in [-0.05, 0) is 12.1 Å². The van der Waals surface area contributed by atoms with Crippen molar-refractivity contribution in [2.45, 2.75) is 4.90 Å². The summed E-state index contributed by atoms with van der Waals surface area (Å²) in [6, 6.07) is 4.52. The van der Waals surface area contributed by atoms with Gasteiger partial charge in [-0.25, -0.2) is 8.42 Å². The van der Waals surface area contributed by atoms with Crippen molar-refractivity contribution >= 4 is 15.9 Å². The molecule has 0 saturated carbocycles. The topological polar surface area (TPSA) is 97.9 Å². The van der Waals surface area contributed by atoms with Crippen molar-refractivity contribution in [2.24, 2.45) is 0 Å². The molecule has 0 aliphatic carbocycles. The minimum Gasteiger partial charge on any atom is -0.493 e. The molecule has 1 fully saturated rings. The van der Waals surface area contributed by atoms with Crippen molar-refractivity contribution < 1.29 is 32.2 Å². The summed E-state index contributed by atoms with van der Waals surface area (Å²) in [7, 11) is 2.49. The molecule has 0 aromatic heterocycles. The van der Waals surface area contributed by atoms with Gasteiger partial charge in [0.05, 0.1) is 38.9 Å². The van der Waals surface area contributed by atoms with E-state index in [9.17, 15) is 13.2 Å². The van der Waals surface area contributed by atoms with E-state index in [1.54, 1.807) is 25.2 Å². The molecule has 0 atom stereocenters. The summed E-state index contributed by atoms with van der Waals surface area (Å²) in [6.07, 6.45) is 0. The third-order valence-corrected chi connectivity index (χ3v) is 7.06. The Hall–Kier alpha value is -1.92. The maximum absolute atomic E-state index is 13.0. The lowest BCUT2D eigenvalue weighted by Gasteiger charge is -2.35. The zero-order valence-electron chi connectivity index (χ0n) is 18.7. The summed E-state index contributed by atoms with van der Waals surface area (Å²) in [5.41, 5.74) is 0. The van der Waals surface area contributed by atoms with Gasteiger partial charge in [-0.2, -0.15) is 4.31 Å². The van der Waals surface area contributed by atoms with E-state index in [-0.39, 0.29) is 30.4 Å². The smallest absolute Gasteiger partial charge is 0.243 e. The second kappa shape index (κ2) is 12.2. The monoisotopic (exact) mass is 459 g/mol. The van der Waals surface area contributed by atoms with Crippen molar-refractivity contribution in [3.05, 3.63) is 18.2 Å². The molecule has 1 heterocycles. The SMILES string of the molecule is COCCN(CCOC)CC(=O)N1CCN(S(=O)(=O)c2ccc(OC)c(OC)c2)CC1. The Morgan fingerprint density at radius 2 is 1.52 bits per heavy atom. The molecule has 2 rings (SSSR count). The Morgan fingerprint density at radius 3 is 2.03 bits per heavy atom. The molecule has 1 aromatic rings. The Kier molecular flexibility index (Phi) is 9.97. The van der Waals surface area contributed by atoms with Crippen molar-refractivity contribution in [1.29, 1.82) is 0 Å². The maximum Gasteiger partial charge on any atom is 0.243 e. The first-order valence-corrected chi connectivity index (χ1v) is 11.5. The van der Waals surface area contributed by atoms with Crippen LogP contribution in [0.25, 0.3) is 0 Å². The first kappa shape index (κ1) is 25.3. The zero-order chi connectivity index (χ0) is 22.9. The van der Waals surface area contributed by atoms with E-state index < -0.39 is 10.0 Å². The minimum atomic E-state index is -3.70. The molecular weight excluding hydrogens is 426 g/mol. The van der Waals surface area contributed by atoms with Gasteiger partial charge in [0.2, 0.25) is 15.9 Å². The van der Waals surface area contributed by atoms with E-state index in [4.69, 9.17) is 18.9 Å². The maximum atomic E-state index is 13.0. The molecule has 0 N–H and O–H groups in total. The van der Waals surface area contributed by atoms with Gasteiger partial charge in [-0.15, -0.1) is 0 Å². The van der Waals surface area contributed by atoms with Crippen LogP contribution in [0, 0.1) is 0 Å². The molecule has 176 valence electrons. The van der Waals surface area contributed by atoms with Crippen LogP contribution in [0.3, 0.4) is 0 Å². The van der Waals surface area contributed by atoms with Gasteiger partial charge < -0.3 is 23.8 Å². The summed E-state index contributed by atoms with van der Waals surface area (Å²) in [5.74, 6) is 0.781. The summed E-state index contributed by atoms with van der Waals surface area (Å²) in [5, 5.41) is 0. The van der Waals surface area contributed by atoms with Crippen molar-refractivity contribution in [2.75, 3.05) is 87.5 Å². The molecular formula is C20H33N3O7S. The van der Waals surface area contributed by atoms with E-state index in [1.807, 2.05) is 4.90 Å². The Labute approximate surface area is 184 Å². The fourth-order valence-corrected chi connectivity index (χ4v) is 4.74. The van der Waals surface area contributed by atoms with Gasteiger partial charge in [0.1, 0.15) is 0 Å². The van der Waals surface area contributed by atoms with Gasteiger partial charge in [0.25, 0.3) is 0 Å². The van der Waals surface area contributed by atoms with Crippen molar-refractivity contribution in [1.82, 2.24) is 14.1 Å². The highest BCUT2D eigenvalue weighted by molar-refractivity contribution is 7.89. The quantitative estimate of drug-likeness (QED) is 0.435. The number of benzene rings is 1. The highest BCUT2D eigenvalue weighted by Crippen LogP contribution is 2.30. The number of carbonyl (C=O) groups is 1. The molecule has 10 nitrogen and oxygen atoms in total. The highest BCUT2D eigenvalue weighted by atomic mass is 32.2. The Morgan fingerprint density at radius 1 is 0.935 bits per heavy atom. The van der Waals surface area contributed by atoms with Crippen LogP contribution in [-0.2, 0) is 24.3 Å². The van der Waals surface area contributed by atoms with Gasteiger partial charge in [-0.3, -0.25) is 9.69 Å². The van der Waals surface area contributed by atoms with Crippen LogP contribution in [0.15, 0.2) is 23.1 Å². The molecule has 31 heavy (non-hydrogen) atoms.